The molecule has 0 saturated heterocycles. The predicted octanol–water partition coefficient (Wildman–Crippen LogP) is 5.20. The Hall–Kier alpha value is -4.96. The number of amides is 2. The molecule has 4 rings (SSSR count). The summed E-state index contributed by atoms with van der Waals surface area (Å²) in [6, 6.07) is 10.3. The number of rotatable bonds is 14. The Morgan fingerprint density at radius 3 is 2.27 bits per heavy atom. The summed E-state index contributed by atoms with van der Waals surface area (Å²) in [5, 5.41) is 13.7. The number of hydrogen-bond donors (Lipinski definition) is 2. The van der Waals surface area contributed by atoms with Gasteiger partial charge in [0.05, 0.1) is 44.8 Å². The van der Waals surface area contributed by atoms with Crippen molar-refractivity contribution in [2.45, 2.75) is 44.6 Å². The van der Waals surface area contributed by atoms with E-state index in [-0.39, 0.29) is 40.4 Å². The molecular formula is C32H34FN5O8S2. The molecule has 0 spiro atoms. The van der Waals surface area contributed by atoms with Crippen molar-refractivity contribution in [1.82, 2.24) is 20.1 Å². The lowest BCUT2D eigenvalue weighted by atomic mass is 10.1. The summed E-state index contributed by atoms with van der Waals surface area (Å²) in [7, 11) is 2.96. The van der Waals surface area contributed by atoms with E-state index in [1.807, 2.05) is 0 Å². The van der Waals surface area contributed by atoms with Crippen molar-refractivity contribution in [2.75, 3.05) is 32.8 Å². The molecular weight excluding hydrogens is 666 g/mol. The molecule has 0 radical (unpaired) electrons. The standard InChI is InChI=1S/C32H34FN5O8S2/c1-7-45-30(41)25-17(3)26(31(42)46-8-2)48-29(25)35-27(39)18(4)47-32-37-36-24(38(32)21-12-10-20(33)11-13-21)16-34-28(40)19-9-14-22(43-5)23(15-19)44-6/h9-15,18H,7-8,16H2,1-6H3,(H,34,40)(H,35,39). The SMILES string of the molecule is CCOC(=O)c1sc(NC(=O)C(C)Sc2nnc(CNC(=O)c3ccc(OC)c(OC)c3)n2-c2ccc(F)cc2)c(C(=O)OCC)c1C. The molecule has 2 heterocycles. The van der Waals surface area contributed by atoms with Gasteiger partial charge in [0, 0.05) is 11.3 Å². The number of aromatic nitrogens is 3. The van der Waals surface area contributed by atoms with Gasteiger partial charge >= 0.3 is 11.9 Å². The van der Waals surface area contributed by atoms with E-state index in [1.165, 1.54) is 38.5 Å². The number of hydrogen-bond acceptors (Lipinski definition) is 12. The first-order valence-corrected chi connectivity index (χ1v) is 16.4. The quantitative estimate of drug-likeness (QED) is 0.132. The normalized spacial score (nSPS) is 11.4. The molecule has 0 bridgehead atoms. The van der Waals surface area contributed by atoms with Crippen LogP contribution in [-0.2, 0) is 20.8 Å². The van der Waals surface area contributed by atoms with E-state index >= 15 is 0 Å². The van der Waals surface area contributed by atoms with E-state index in [9.17, 15) is 23.6 Å². The van der Waals surface area contributed by atoms with Gasteiger partial charge in [-0.25, -0.2) is 14.0 Å². The number of ether oxygens (including phenoxy) is 4. The van der Waals surface area contributed by atoms with Gasteiger partial charge in [-0.1, -0.05) is 11.8 Å². The number of thioether (sulfide) groups is 1. The number of thiophene rings is 1. The van der Waals surface area contributed by atoms with Gasteiger partial charge in [-0.3, -0.25) is 14.2 Å². The van der Waals surface area contributed by atoms with Crippen molar-refractivity contribution in [2.24, 2.45) is 0 Å². The van der Waals surface area contributed by atoms with E-state index < -0.39 is 34.8 Å². The molecule has 4 aromatic rings. The molecule has 13 nitrogen and oxygen atoms in total. The zero-order valence-electron chi connectivity index (χ0n) is 27.0. The third kappa shape index (κ3) is 8.12. The number of carbonyl (C=O) groups is 4. The third-order valence-corrected chi connectivity index (χ3v) is 9.04. The third-order valence-electron chi connectivity index (χ3n) is 6.81. The fourth-order valence-electron chi connectivity index (χ4n) is 4.45. The van der Waals surface area contributed by atoms with Crippen LogP contribution in [0, 0.1) is 12.7 Å². The molecule has 0 saturated carbocycles. The summed E-state index contributed by atoms with van der Waals surface area (Å²) in [6.45, 7) is 6.69. The fourth-order valence-corrected chi connectivity index (χ4v) is 6.42. The maximum Gasteiger partial charge on any atom is 0.348 e. The molecule has 0 fully saturated rings. The number of halogens is 1. The minimum absolute atomic E-state index is 0.0628. The van der Waals surface area contributed by atoms with Crippen LogP contribution in [0.2, 0.25) is 0 Å². The van der Waals surface area contributed by atoms with Gasteiger partial charge in [0.15, 0.2) is 22.5 Å². The maximum absolute atomic E-state index is 13.8. The van der Waals surface area contributed by atoms with Crippen LogP contribution in [0.5, 0.6) is 11.5 Å². The molecule has 2 amide bonds. The van der Waals surface area contributed by atoms with Gasteiger partial charge < -0.3 is 29.6 Å². The van der Waals surface area contributed by atoms with E-state index in [0.29, 0.717) is 34.1 Å². The van der Waals surface area contributed by atoms with Gasteiger partial charge in [0.25, 0.3) is 5.91 Å². The Bertz CT molecular complexity index is 1810. The van der Waals surface area contributed by atoms with Crippen molar-refractivity contribution >= 4 is 51.9 Å². The summed E-state index contributed by atoms with van der Waals surface area (Å²) in [6.07, 6.45) is 0. The molecule has 16 heteroatoms. The summed E-state index contributed by atoms with van der Waals surface area (Å²) >= 11 is 1.96. The van der Waals surface area contributed by atoms with Crippen LogP contribution in [0.3, 0.4) is 0 Å². The summed E-state index contributed by atoms with van der Waals surface area (Å²) in [4.78, 5) is 52.0. The lowest BCUT2D eigenvalue weighted by molar-refractivity contribution is -0.115. The fraction of sp³-hybridized carbons (Fsp3) is 0.312. The van der Waals surface area contributed by atoms with Crippen LogP contribution in [0.4, 0.5) is 9.39 Å². The zero-order valence-corrected chi connectivity index (χ0v) is 28.7. The Balaban J connectivity index is 1.58. The first-order valence-electron chi connectivity index (χ1n) is 14.7. The zero-order chi connectivity index (χ0) is 35.0. The van der Waals surface area contributed by atoms with Gasteiger partial charge in [0.1, 0.15) is 15.7 Å². The Labute approximate surface area is 284 Å². The monoisotopic (exact) mass is 699 g/mol. The number of carbonyl (C=O) groups excluding carboxylic acids is 4. The first-order chi connectivity index (χ1) is 23.0. The molecule has 0 aliphatic rings. The first kappa shape index (κ1) is 35.9. The van der Waals surface area contributed by atoms with E-state index in [4.69, 9.17) is 18.9 Å². The lowest BCUT2D eigenvalue weighted by Crippen LogP contribution is -2.25. The van der Waals surface area contributed by atoms with Gasteiger partial charge in [0.2, 0.25) is 5.91 Å². The number of nitrogens with zero attached hydrogens (tertiary/aromatic N) is 3. The number of methoxy groups -OCH3 is 2. The van der Waals surface area contributed by atoms with Gasteiger partial charge in [-0.05, 0) is 75.7 Å². The Morgan fingerprint density at radius 1 is 0.958 bits per heavy atom. The number of nitrogens with one attached hydrogen (secondary N) is 2. The Kier molecular flexibility index (Phi) is 12.1. The van der Waals surface area contributed by atoms with E-state index in [1.54, 1.807) is 50.5 Å². The highest BCUT2D eigenvalue weighted by Crippen LogP contribution is 2.35. The minimum atomic E-state index is -0.800. The molecule has 1 unspecified atom stereocenters. The molecule has 0 aliphatic carbocycles. The molecule has 254 valence electrons. The predicted molar refractivity (Wildman–Crippen MR) is 177 cm³/mol. The second kappa shape index (κ2) is 16.2. The topological polar surface area (TPSA) is 160 Å². The second-order valence-electron chi connectivity index (χ2n) is 9.91. The van der Waals surface area contributed by atoms with Crippen LogP contribution < -0.4 is 20.1 Å². The van der Waals surface area contributed by atoms with Crippen molar-refractivity contribution in [3.8, 4) is 17.2 Å². The summed E-state index contributed by atoms with van der Waals surface area (Å²) in [5.74, 6) is -1.52. The van der Waals surface area contributed by atoms with Gasteiger partial charge in [-0.15, -0.1) is 21.5 Å². The van der Waals surface area contributed by atoms with Crippen molar-refractivity contribution in [3.05, 3.63) is 75.7 Å². The summed E-state index contributed by atoms with van der Waals surface area (Å²) < 4.78 is 36.2. The smallest absolute Gasteiger partial charge is 0.348 e. The largest absolute Gasteiger partial charge is 0.493 e. The number of benzene rings is 2. The van der Waals surface area contributed by atoms with Crippen LogP contribution in [0.15, 0.2) is 47.6 Å². The minimum Gasteiger partial charge on any atom is -0.493 e. The highest BCUT2D eigenvalue weighted by atomic mass is 32.2. The molecule has 2 N–H and O–H groups in total. The average molecular weight is 700 g/mol. The number of esters is 2. The lowest BCUT2D eigenvalue weighted by Gasteiger charge is -2.14. The summed E-state index contributed by atoms with van der Waals surface area (Å²) in [5.41, 5.74) is 1.21. The molecule has 0 aliphatic heterocycles. The van der Waals surface area contributed by atoms with Crippen molar-refractivity contribution in [3.63, 3.8) is 0 Å². The van der Waals surface area contributed by atoms with Crippen molar-refractivity contribution in [1.29, 1.82) is 0 Å². The van der Waals surface area contributed by atoms with Crippen LogP contribution in [0.1, 0.15) is 62.5 Å². The molecule has 1 atom stereocenters. The number of anilines is 1. The molecule has 48 heavy (non-hydrogen) atoms. The van der Waals surface area contributed by atoms with Crippen LogP contribution >= 0.6 is 23.1 Å². The average Bonchev–Trinajstić information content (AvgIpc) is 3.63. The highest BCUT2D eigenvalue weighted by Gasteiger charge is 2.29. The maximum atomic E-state index is 13.8. The van der Waals surface area contributed by atoms with Crippen LogP contribution in [0.25, 0.3) is 5.69 Å². The molecule has 2 aromatic carbocycles. The second-order valence-corrected chi connectivity index (χ2v) is 12.2. The van der Waals surface area contributed by atoms with Gasteiger partial charge in [-0.2, -0.15) is 0 Å². The molecule has 2 aromatic heterocycles. The van der Waals surface area contributed by atoms with Crippen molar-refractivity contribution < 1.29 is 42.5 Å². The Morgan fingerprint density at radius 2 is 1.62 bits per heavy atom. The van der Waals surface area contributed by atoms with E-state index in [0.717, 1.165) is 23.1 Å². The van der Waals surface area contributed by atoms with Crippen LogP contribution in [-0.4, -0.2) is 71.2 Å². The highest BCUT2D eigenvalue weighted by molar-refractivity contribution is 8.00. The van der Waals surface area contributed by atoms with E-state index in [2.05, 4.69) is 20.8 Å².